The normalized spacial score (nSPS) is 16.9. The molecule has 0 bridgehead atoms. The monoisotopic (exact) mass is 656 g/mol. The van der Waals surface area contributed by atoms with Crippen molar-refractivity contribution in [1.82, 2.24) is 19.8 Å². The fourth-order valence-corrected chi connectivity index (χ4v) is 5.91. The molecule has 14 heteroatoms. The van der Waals surface area contributed by atoms with E-state index in [1.165, 1.54) is 22.2 Å². The van der Waals surface area contributed by atoms with Crippen molar-refractivity contribution in [3.05, 3.63) is 129 Å². The molecule has 244 valence electrons. The molecule has 1 fully saturated rings. The number of hydrogen-bond donors (Lipinski definition) is 0. The van der Waals surface area contributed by atoms with E-state index in [0.717, 1.165) is 0 Å². The maximum atomic E-state index is 14.9. The lowest BCUT2D eigenvalue weighted by Crippen LogP contribution is -2.53. The molecule has 2 atom stereocenters. The SMILES string of the molecule is Fc1c(F)c(F)c(CN(Cc2ccccn2)[C@@H]2CCCC[C@H]2N(Cc2ccccn2)Cc2c(F)c(F)c(F)c(F)c2F)c(F)c1F. The molecular formula is C32H26F10N4. The van der Waals surface area contributed by atoms with E-state index in [1.54, 1.807) is 36.4 Å². The van der Waals surface area contributed by atoms with Gasteiger partial charge in [0, 0.05) is 61.8 Å². The van der Waals surface area contributed by atoms with Crippen molar-refractivity contribution in [2.24, 2.45) is 0 Å². The molecule has 1 aliphatic carbocycles. The summed E-state index contributed by atoms with van der Waals surface area (Å²) >= 11 is 0. The van der Waals surface area contributed by atoms with Crippen molar-refractivity contribution >= 4 is 0 Å². The second-order valence-corrected chi connectivity index (χ2v) is 11.0. The molecular weight excluding hydrogens is 630 g/mol. The van der Waals surface area contributed by atoms with E-state index in [9.17, 15) is 43.9 Å². The first kappa shape index (κ1) is 33.3. The van der Waals surface area contributed by atoms with Gasteiger partial charge in [-0.2, -0.15) is 0 Å². The lowest BCUT2D eigenvalue weighted by Gasteiger charge is -2.45. The zero-order valence-electron chi connectivity index (χ0n) is 24.0. The molecule has 0 spiro atoms. The van der Waals surface area contributed by atoms with Crippen molar-refractivity contribution in [3.63, 3.8) is 0 Å². The van der Waals surface area contributed by atoms with Gasteiger partial charge in [-0.3, -0.25) is 19.8 Å². The van der Waals surface area contributed by atoms with Gasteiger partial charge in [0.15, 0.2) is 46.5 Å². The second kappa shape index (κ2) is 14.2. The second-order valence-electron chi connectivity index (χ2n) is 11.0. The Labute approximate surface area is 257 Å². The van der Waals surface area contributed by atoms with Gasteiger partial charge in [0.05, 0.1) is 11.4 Å². The zero-order chi connectivity index (χ0) is 33.1. The average Bonchev–Trinajstić information content (AvgIpc) is 3.08. The van der Waals surface area contributed by atoms with Crippen molar-refractivity contribution < 1.29 is 43.9 Å². The molecule has 0 radical (unpaired) electrons. The number of nitrogens with zero attached hydrogens (tertiary/aromatic N) is 4. The average molecular weight is 657 g/mol. The van der Waals surface area contributed by atoms with Crippen LogP contribution in [0.4, 0.5) is 43.9 Å². The van der Waals surface area contributed by atoms with Crippen LogP contribution in [0.2, 0.25) is 0 Å². The largest absolute Gasteiger partial charge is 0.289 e. The highest BCUT2D eigenvalue weighted by Crippen LogP contribution is 2.34. The third kappa shape index (κ3) is 6.73. The summed E-state index contributed by atoms with van der Waals surface area (Å²) in [4.78, 5) is 11.4. The molecule has 4 aromatic rings. The minimum Gasteiger partial charge on any atom is -0.289 e. The van der Waals surface area contributed by atoms with Crippen molar-refractivity contribution in [2.75, 3.05) is 0 Å². The topological polar surface area (TPSA) is 32.3 Å². The Morgan fingerprint density at radius 2 is 0.783 bits per heavy atom. The molecule has 2 heterocycles. The summed E-state index contributed by atoms with van der Waals surface area (Å²) in [5.41, 5.74) is -1.42. The summed E-state index contributed by atoms with van der Waals surface area (Å²) in [5, 5.41) is 0. The van der Waals surface area contributed by atoms with E-state index in [0.29, 0.717) is 37.1 Å². The Morgan fingerprint density at radius 1 is 0.457 bits per heavy atom. The Morgan fingerprint density at radius 3 is 1.09 bits per heavy atom. The van der Waals surface area contributed by atoms with Crippen LogP contribution in [0.25, 0.3) is 0 Å². The van der Waals surface area contributed by atoms with E-state index >= 15 is 0 Å². The minimum atomic E-state index is -2.31. The summed E-state index contributed by atoms with van der Waals surface area (Å²) in [5.74, 6) is -21.1. The third-order valence-electron chi connectivity index (χ3n) is 8.14. The predicted molar refractivity (Wildman–Crippen MR) is 145 cm³/mol. The van der Waals surface area contributed by atoms with Gasteiger partial charge in [-0.05, 0) is 37.1 Å². The first-order valence-corrected chi connectivity index (χ1v) is 14.3. The maximum Gasteiger partial charge on any atom is 0.200 e. The quantitative estimate of drug-likeness (QED) is 0.0988. The highest BCUT2D eigenvalue weighted by Gasteiger charge is 2.38. The molecule has 0 N–H and O–H groups in total. The summed E-state index contributed by atoms with van der Waals surface area (Å²) in [6.07, 6.45) is 4.58. The van der Waals surface area contributed by atoms with Crippen LogP contribution in [0.15, 0.2) is 48.8 Å². The highest BCUT2D eigenvalue weighted by atomic mass is 19.2. The van der Waals surface area contributed by atoms with Gasteiger partial charge in [-0.25, -0.2) is 43.9 Å². The van der Waals surface area contributed by atoms with Gasteiger partial charge in [0.2, 0.25) is 11.6 Å². The van der Waals surface area contributed by atoms with E-state index in [1.807, 2.05) is 0 Å². The minimum absolute atomic E-state index is 0.137. The van der Waals surface area contributed by atoms with Gasteiger partial charge < -0.3 is 0 Å². The molecule has 0 amide bonds. The number of halogens is 10. The standard InChI is InChI=1S/C32H26F10N4/c33-23-19(24(34)28(38)31(41)27(23)37)15-45(13-17-7-3-5-11-43-17)21-9-1-2-10-22(21)46(14-18-8-4-6-12-44-18)16-20-25(35)29(39)32(42)30(40)26(20)36/h3-8,11-12,21-22H,1-2,9-10,13-16H2/t21-,22-/m1/s1. The fourth-order valence-electron chi connectivity index (χ4n) is 5.91. The summed E-state index contributed by atoms with van der Waals surface area (Å²) in [6.45, 7) is -1.82. The Hall–Kier alpha value is -4.04. The first-order valence-electron chi connectivity index (χ1n) is 14.3. The summed E-state index contributed by atoms with van der Waals surface area (Å²) in [6, 6.07) is 8.13. The molecule has 0 unspecified atom stereocenters. The van der Waals surface area contributed by atoms with Gasteiger partial charge >= 0.3 is 0 Å². The van der Waals surface area contributed by atoms with Gasteiger partial charge in [0.25, 0.3) is 0 Å². The van der Waals surface area contributed by atoms with Crippen LogP contribution in [-0.4, -0.2) is 31.9 Å². The fraction of sp³-hybridized carbons (Fsp3) is 0.312. The van der Waals surface area contributed by atoms with Crippen LogP contribution in [0.3, 0.4) is 0 Å². The van der Waals surface area contributed by atoms with Crippen LogP contribution in [0, 0.1) is 58.2 Å². The summed E-state index contributed by atoms with van der Waals surface area (Å²) in [7, 11) is 0. The van der Waals surface area contributed by atoms with E-state index in [-0.39, 0.29) is 13.1 Å². The summed E-state index contributed by atoms with van der Waals surface area (Å²) < 4.78 is 144. The lowest BCUT2D eigenvalue weighted by atomic mass is 9.87. The first-order chi connectivity index (χ1) is 22.0. The van der Waals surface area contributed by atoms with Gasteiger partial charge in [0.1, 0.15) is 0 Å². The van der Waals surface area contributed by atoms with Crippen molar-refractivity contribution in [1.29, 1.82) is 0 Å². The van der Waals surface area contributed by atoms with Crippen LogP contribution in [0.5, 0.6) is 0 Å². The molecule has 2 aromatic carbocycles. The van der Waals surface area contributed by atoms with Crippen molar-refractivity contribution in [2.45, 2.75) is 63.9 Å². The smallest absolute Gasteiger partial charge is 0.200 e. The molecule has 1 saturated carbocycles. The number of pyridine rings is 2. The molecule has 0 saturated heterocycles. The van der Waals surface area contributed by atoms with Gasteiger partial charge in [-0.1, -0.05) is 25.0 Å². The van der Waals surface area contributed by atoms with E-state index in [2.05, 4.69) is 9.97 Å². The number of aromatic nitrogens is 2. The lowest BCUT2D eigenvalue weighted by molar-refractivity contribution is 0.0258. The molecule has 0 aliphatic heterocycles. The zero-order valence-corrected chi connectivity index (χ0v) is 24.0. The molecule has 46 heavy (non-hydrogen) atoms. The van der Waals surface area contributed by atoms with Crippen LogP contribution in [0.1, 0.15) is 48.2 Å². The number of hydrogen-bond acceptors (Lipinski definition) is 4. The molecule has 1 aliphatic rings. The van der Waals surface area contributed by atoms with E-state index < -0.39 is 94.5 Å². The van der Waals surface area contributed by atoms with Crippen LogP contribution >= 0.6 is 0 Å². The van der Waals surface area contributed by atoms with Crippen LogP contribution in [-0.2, 0) is 26.2 Å². The maximum absolute atomic E-state index is 14.9. The van der Waals surface area contributed by atoms with Gasteiger partial charge in [-0.15, -0.1) is 0 Å². The Bertz CT molecular complexity index is 1510. The molecule has 2 aromatic heterocycles. The molecule has 5 rings (SSSR count). The highest BCUT2D eigenvalue weighted by molar-refractivity contribution is 5.26. The number of rotatable bonds is 10. The number of benzene rings is 2. The van der Waals surface area contributed by atoms with E-state index in [4.69, 9.17) is 0 Å². The Balaban J connectivity index is 1.60. The Kier molecular flexibility index (Phi) is 10.3. The predicted octanol–water partition coefficient (Wildman–Crippen LogP) is 7.88. The van der Waals surface area contributed by atoms with Crippen LogP contribution < -0.4 is 0 Å². The molecule has 4 nitrogen and oxygen atoms in total. The van der Waals surface area contributed by atoms with Crippen molar-refractivity contribution in [3.8, 4) is 0 Å². The third-order valence-corrected chi connectivity index (χ3v) is 8.14.